The van der Waals surface area contributed by atoms with Crippen LogP contribution in [0.1, 0.15) is 0 Å². The fourth-order valence-electron chi connectivity index (χ4n) is 0.801. The molecule has 0 atom stereocenters. The van der Waals surface area contributed by atoms with Gasteiger partial charge in [-0.1, -0.05) is 6.58 Å². The van der Waals surface area contributed by atoms with Gasteiger partial charge in [-0.2, -0.15) is 0 Å². The lowest BCUT2D eigenvalue weighted by molar-refractivity contribution is -0.889. The van der Waals surface area contributed by atoms with Crippen molar-refractivity contribution in [3.63, 3.8) is 0 Å². The minimum Gasteiger partial charge on any atom is -0.330 e. The fourth-order valence-corrected chi connectivity index (χ4v) is 1.34. The summed E-state index contributed by atoms with van der Waals surface area (Å²) in [4.78, 5) is 1.40. The summed E-state index contributed by atoms with van der Waals surface area (Å²) in [6, 6.07) is 0. The highest BCUT2D eigenvalue weighted by Crippen LogP contribution is 1.69. The molecule has 0 aromatic heterocycles. The van der Waals surface area contributed by atoms with Crippen LogP contribution in [0.5, 0.6) is 0 Å². The highest BCUT2D eigenvalue weighted by molar-refractivity contribution is 6.18. The van der Waals surface area contributed by atoms with Gasteiger partial charge >= 0.3 is 0 Å². The van der Waals surface area contributed by atoms with E-state index >= 15 is 0 Å². The Morgan fingerprint density at radius 2 is 1.70 bits per heavy atom. The van der Waals surface area contributed by atoms with Gasteiger partial charge in [0.05, 0.1) is 31.4 Å². The summed E-state index contributed by atoms with van der Waals surface area (Å²) < 4.78 is 0. The average Bonchev–Trinajstić information content (AvgIpc) is 1.90. The lowest BCUT2D eigenvalue weighted by Gasteiger charge is -2.14. The molecule has 0 radical (unpaired) electrons. The van der Waals surface area contributed by atoms with Gasteiger partial charge in [0.15, 0.2) is 0 Å². The molecule has 0 aromatic rings. The van der Waals surface area contributed by atoms with Gasteiger partial charge in [0.25, 0.3) is 0 Å². The number of hydrogen-bond acceptors (Lipinski definition) is 0. The van der Waals surface area contributed by atoms with E-state index < -0.39 is 0 Å². The molecule has 1 N–H and O–H groups in total. The van der Waals surface area contributed by atoms with Crippen molar-refractivity contribution in [1.82, 2.24) is 0 Å². The zero-order chi connectivity index (χ0) is 7.82. The Hall–Kier alpha value is 0.280. The first-order chi connectivity index (χ1) is 4.85. The molecule has 0 unspecified atom stereocenters. The van der Waals surface area contributed by atoms with Gasteiger partial charge in [0.1, 0.15) is 0 Å². The quantitative estimate of drug-likeness (QED) is 0.452. The van der Waals surface area contributed by atoms with Crippen LogP contribution in [-0.2, 0) is 0 Å². The van der Waals surface area contributed by atoms with Gasteiger partial charge in [-0.25, -0.2) is 0 Å². The number of nitrogens with one attached hydrogen (secondary N) is 1. The Morgan fingerprint density at radius 1 is 1.20 bits per heavy atom. The van der Waals surface area contributed by atoms with E-state index in [9.17, 15) is 0 Å². The van der Waals surface area contributed by atoms with Crippen molar-refractivity contribution >= 4 is 23.2 Å². The molecule has 0 rings (SSSR count). The second-order valence-electron chi connectivity index (χ2n) is 2.12. The summed E-state index contributed by atoms with van der Waals surface area (Å²) >= 11 is 11.1. The molecule has 0 aliphatic carbocycles. The van der Waals surface area contributed by atoms with Crippen LogP contribution in [-0.4, -0.2) is 31.4 Å². The Bertz CT molecular complexity index is 79.7. The SMILES string of the molecule is C=CC[NH+](CCCl)CCCl. The lowest BCUT2D eigenvalue weighted by Crippen LogP contribution is -3.12. The van der Waals surface area contributed by atoms with Crippen LogP contribution >= 0.6 is 23.2 Å². The van der Waals surface area contributed by atoms with Crippen molar-refractivity contribution in [3.05, 3.63) is 12.7 Å². The van der Waals surface area contributed by atoms with E-state index in [1.54, 1.807) is 0 Å². The Balaban J connectivity index is 3.38. The number of hydrogen-bond donors (Lipinski definition) is 1. The first-order valence-electron chi connectivity index (χ1n) is 3.41. The van der Waals surface area contributed by atoms with Crippen LogP contribution in [0.3, 0.4) is 0 Å². The van der Waals surface area contributed by atoms with Crippen molar-refractivity contribution in [2.75, 3.05) is 31.4 Å². The second-order valence-corrected chi connectivity index (χ2v) is 2.88. The van der Waals surface area contributed by atoms with Crippen molar-refractivity contribution < 1.29 is 4.90 Å². The number of rotatable bonds is 6. The monoisotopic (exact) mass is 182 g/mol. The molecule has 0 aliphatic heterocycles. The molecule has 3 heteroatoms. The molecule has 60 valence electrons. The highest BCUT2D eigenvalue weighted by atomic mass is 35.5. The maximum Gasteiger partial charge on any atom is 0.0956 e. The topological polar surface area (TPSA) is 4.44 Å². The van der Waals surface area contributed by atoms with Gasteiger partial charge in [-0.3, -0.25) is 0 Å². The predicted molar refractivity (Wildman–Crippen MR) is 47.2 cm³/mol. The molecule has 0 aromatic carbocycles. The zero-order valence-corrected chi connectivity index (χ0v) is 7.59. The van der Waals surface area contributed by atoms with E-state index in [2.05, 4.69) is 6.58 Å². The maximum atomic E-state index is 5.57. The summed E-state index contributed by atoms with van der Waals surface area (Å²) in [5, 5.41) is 0. The summed E-state index contributed by atoms with van der Waals surface area (Å²) in [5.74, 6) is 1.39. The molecule has 0 spiro atoms. The third kappa shape index (κ3) is 5.10. The van der Waals surface area contributed by atoms with E-state index in [1.807, 2.05) is 6.08 Å². The summed E-state index contributed by atoms with van der Waals surface area (Å²) in [6.07, 6.45) is 1.90. The Labute approximate surface area is 72.6 Å². The van der Waals surface area contributed by atoms with Crippen LogP contribution in [0.15, 0.2) is 12.7 Å². The number of quaternary nitrogens is 1. The molecule has 0 heterocycles. The van der Waals surface area contributed by atoms with Crippen LogP contribution in [0.4, 0.5) is 0 Å². The largest absolute Gasteiger partial charge is 0.330 e. The smallest absolute Gasteiger partial charge is 0.0956 e. The summed E-state index contributed by atoms with van der Waals surface area (Å²) in [6.45, 7) is 6.56. The van der Waals surface area contributed by atoms with Crippen LogP contribution < -0.4 is 4.90 Å². The van der Waals surface area contributed by atoms with Gasteiger partial charge in [-0.15, -0.1) is 23.2 Å². The van der Waals surface area contributed by atoms with Crippen molar-refractivity contribution in [2.24, 2.45) is 0 Å². The van der Waals surface area contributed by atoms with Gasteiger partial charge in [0, 0.05) is 0 Å². The first kappa shape index (κ1) is 10.3. The highest BCUT2D eigenvalue weighted by Gasteiger charge is 2.02. The third-order valence-corrected chi connectivity index (χ3v) is 1.71. The molecule has 0 saturated heterocycles. The van der Waals surface area contributed by atoms with E-state index in [0.29, 0.717) is 11.8 Å². The van der Waals surface area contributed by atoms with E-state index in [-0.39, 0.29) is 0 Å². The second kappa shape index (κ2) is 7.39. The van der Waals surface area contributed by atoms with E-state index in [1.165, 1.54) is 4.90 Å². The van der Waals surface area contributed by atoms with E-state index in [4.69, 9.17) is 23.2 Å². The molecule has 0 fully saturated rings. The molecular formula is C7H14Cl2N+. The lowest BCUT2D eigenvalue weighted by atomic mass is 10.5. The molecule has 0 aliphatic rings. The number of halogens is 2. The predicted octanol–water partition coefficient (Wildman–Crippen LogP) is 0.535. The molecule has 1 nitrogen and oxygen atoms in total. The minimum atomic E-state index is 0.695. The molecular weight excluding hydrogens is 169 g/mol. The molecule has 0 amide bonds. The Morgan fingerprint density at radius 3 is 2.00 bits per heavy atom. The van der Waals surface area contributed by atoms with Crippen LogP contribution in [0.25, 0.3) is 0 Å². The number of alkyl halides is 2. The van der Waals surface area contributed by atoms with Crippen LogP contribution in [0.2, 0.25) is 0 Å². The maximum absolute atomic E-state index is 5.57. The van der Waals surface area contributed by atoms with Gasteiger partial charge < -0.3 is 4.90 Å². The van der Waals surface area contributed by atoms with Crippen molar-refractivity contribution in [3.8, 4) is 0 Å². The van der Waals surface area contributed by atoms with Crippen molar-refractivity contribution in [1.29, 1.82) is 0 Å². The van der Waals surface area contributed by atoms with Gasteiger partial charge in [0.2, 0.25) is 0 Å². The Kier molecular flexibility index (Phi) is 7.59. The van der Waals surface area contributed by atoms with Gasteiger partial charge in [-0.05, 0) is 6.08 Å². The molecule has 10 heavy (non-hydrogen) atoms. The first-order valence-corrected chi connectivity index (χ1v) is 4.48. The molecule has 0 bridgehead atoms. The third-order valence-electron chi connectivity index (χ3n) is 1.33. The zero-order valence-electron chi connectivity index (χ0n) is 6.08. The standard InChI is InChI=1S/C7H13Cl2N/c1-2-5-10(6-3-8)7-4-9/h2H,1,3-7H2/p+1. The minimum absolute atomic E-state index is 0.695. The van der Waals surface area contributed by atoms with E-state index in [0.717, 1.165) is 19.6 Å². The van der Waals surface area contributed by atoms with Crippen molar-refractivity contribution in [2.45, 2.75) is 0 Å². The van der Waals surface area contributed by atoms with Crippen LogP contribution in [0, 0.1) is 0 Å². The summed E-state index contributed by atoms with van der Waals surface area (Å²) in [5.41, 5.74) is 0. The normalized spacial score (nSPS) is 10.3. The molecule has 0 saturated carbocycles. The average molecular weight is 183 g/mol. The summed E-state index contributed by atoms with van der Waals surface area (Å²) in [7, 11) is 0. The fraction of sp³-hybridized carbons (Fsp3) is 0.714.